The molecule has 0 aliphatic carbocycles. The molecule has 92 valence electrons. The summed E-state index contributed by atoms with van der Waals surface area (Å²) in [4.78, 5) is 0. The first-order valence-corrected chi connectivity index (χ1v) is 6.95. The van der Waals surface area contributed by atoms with E-state index in [1.807, 2.05) is 0 Å². The van der Waals surface area contributed by atoms with Gasteiger partial charge in [0, 0.05) is 0 Å². The van der Waals surface area contributed by atoms with E-state index in [1.54, 1.807) is 0 Å². The van der Waals surface area contributed by atoms with Crippen LogP contribution in [0.4, 0.5) is 0 Å². The predicted octanol–water partition coefficient (Wildman–Crippen LogP) is 4.23. The van der Waals surface area contributed by atoms with Gasteiger partial charge in [-0.1, -0.05) is 53.4 Å². The van der Waals surface area contributed by atoms with E-state index in [0.717, 1.165) is 11.8 Å². The van der Waals surface area contributed by atoms with E-state index in [4.69, 9.17) is 0 Å². The second-order valence-corrected chi connectivity index (χ2v) is 4.96. The molecule has 1 heteroatoms. The molecule has 0 spiro atoms. The van der Waals surface area contributed by atoms with Gasteiger partial charge in [-0.3, -0.25) is 0 Å². The largest absolute Gasteiger partial charge is 0.316 e. The number of rotatable bonds is 10. The van der Waals surface area contributed by atoms with Crippen LogP contribution < -0.4 is 5.32 Å². The van der Waals surface area contributed by atoms with Crippen LogP contribution in [0.25, 0.3) is 0 Å². The first-order valence-electron chi connectivity index (χ1n) is 6.95. The SMILES string of the molecule is CCCCC(CC)CC(C)CNCCC. The number of nitrogens with one attached hydrogen (secondary N) is 1. The zero-order valence-corrected chi connectivity index (χ0v) is 11.3. The molecule has 1 nitrogen and oxygen atoms in total. The third-order valence-electron chi connectivity index (χ3n) is 3.20. The molecule has 0 heterocycles. The Balaban J connectivity index is 3.55. The first kappa shape index (κ1) is 15.0. The normalized spacial score (nSPS) is 15.2. The molecule has 2 atom stereocenters. The van der Waals surface area contributed by atoms with Crippen LogP contribution in [0.3, 0.4) is 0 Å². The summed E-state index contributed by atoms with van der Waals surface area (Å²) in [6, 6.07) is 0. The van der Waals surface area contributed by atoms with Crippen LogP contribution in [0, 0.1) is 11.8 Å². The second kappa shape index (κ2) is 10.5. The van der Waals surface area contributed by atoms with Crippen molar-refractivity contribution in [3.05, 3.63) is 0 Å². The van der Waals surface area contributed by atoms with Gasteiger partial charge < -0.3 is 5.32 Å². The maximum Gasteiger partial charge on any atom is -0.00231 e. The van der Waals surface area contributed by atoms with E-state index < -0.39 is 0 Å². The van der Waals surface area contributed by atoms with Crippen LogP contribution in [0.1, 0.15) is 66.2 Å². The van der Waals surface area contributed by atoms with Gasteiger partial charge in [0.05, 0.1) is 0 Å². The van der Waals surface area contributed by atoms with Gasteiger partial charge in [-0.2, -0.15) is 0 Å². The topological polar surface area (TPSA) is 12.0 Å². The molecule has 0 aromatic rings. The van der Waals surface area contributed by atoms with Crippen molar-refractivity contribution >= 4 is 0 Å². The van der Waals surface area contributed by atoms with E-state index in [2.05, 4.69) is 33.0 Å². The standard InChI is InChI=1S/C14H31N/c1-5-8-9-14(7-3)11-13(4)12-15-10-6-2/h13-15H,5-12H2,1-4H3. The highest BCUT2D eigenvalue weighted by Crippen LogP contribution is 2.20. The molecule has 0 saturated carbocycles. The van der Waals surface area contributed by atoms with Crippen molar-refractivity contribution in [1.82, 2.24) is 5.32 Å². The molecule has 0 aliphatic heterocycles. The van der Waals surface area contributed by atoms with Crippen molar-refractivity contribution in [2.75, 3.05) is 13.1 Å². The predicted molar refractivity (Wildman–Crippen MR) is 70.2 cm³/mol. The maximum atomic E-state index is 3.52. The van der Waals surface area contributed by atoms with E-state index in [-0.39, 0.29) is 0 Å². The quantitative estimate of drug-likeness (QED) is 0.536. The van der Waals surface area contributed by atoms with Gasteiger partial charge in [0.15, 0.2) is 0 Å². The Bertz CT molecular complexity index is 123. The van der Waals surface area contributed by atoms with Crippen LogP contribution in [0.15, 0.2) is 0 Å². The minimum absolute atomic E-state index is 0.846. The minimum atomic E-state index is 0.846. The maximum absolute atomic E-state index is 3.52. The Labute approximate surface area is 97.0 Å². The number of hydrogen-bond acceptors (Lipinski definition) is 1. The molecule has 15 heavy (non-hydrogen) atoms. The molecule has 0 radical (unpaired) electrons. The second-order valence-electron chi connectivity index (χ2n) is 4.96. The molecule has 0 fully saturated rings. The van der Waals surface area contributed by atoms with Gasteiger partial charge in [-0.15, -0.1) is 0 Å². The fourth-order valence-electron chi connectivity index (χ4n) is 2.16. The summed E-state index contributed by atoms with van der Waals surface area (Å²) in [7, 11) is 0. The summed E-state index contributed by atoms with van der Waals surface area (Å²) in [5.41, 5.74) is 0. The zero-order valence-electron chi connectivity index (χ0n) is 11.3. The monoisotopic (exact) mass is 213 g/mol. The van der Waals surface area contributed by atoms with Crippen molar-refractivity contribution in [3.8, 4) is 0 Å². The van der Waals surface area contributed by atoms with Gasteiger partial charge in [-0.05, 0) is 37.8 Å². The molecular weight excluding hydrogens is 182 g/mol. The fourth-order valence-corrected chi connectivity index (χ4v) is 2.16. The molecule has 1 N–H and O–H groups in total. The van der Waals surface area contributed by atoms with E-state index in [0.29, 0.717) is 0 Å². The summed E-state index contributed by atoms with van der Waals surface area (Å²) < 4.78 is 0. The highest BCUT2D eigenvalue weighted by atomic mass is 14.8. The van der Waals surface area contributed by atoms with Crippen molar-refractivity contribution in [1.29, 1.82) is 0 Å². The molecule has 0 saturated heterocycles. The lowest BCUT2D eigenvalue weighted by Crippen LogP contribution is -2.23. The van der Waals surface area contributed by atoms with E-state index in [1.165, 1.54) is 51.6 Å². The fraction of sp³-hybridized carbons (Fsp3) is 1.00. The van der Waals surface area contributed by atoms with Gasteiger partial charge in [-0.25, -0.2) is 0 Å². The van der Waals surface area contributed by atoms with Crippen molar-refractivity contribution in [3.63, 3.8) is 0 Å². The van der Waals surface area contributed by atoms with Gasteiger partial charge in [0.2, 0.25) is 0 Å². The van der Waals surface area contributed by atoms with Crippen LogP contribution in [0.2, 0.25) is 0 Å². The summed E-state index contributed by atoms with van der Waals surface area (Å²) in [6.07, 6.45) is 8.21. The van der Waals surface area contributed by atoms with Crippen LogP contribution >= 0.6 is 0 Å². The van der Waals surface area contributed by atoms with Crippen LogP contribution in [-0.4, -0.2) is 13.1 Å². The van der Waals surface area contributed by atoms with Crippen LogP contribution in [0.5, 0.6) is 0 Å². The minimum Gasteiger partial charge on any atom is -0.316 e. The Morgan fingerprint density at radius 2 is 1.80 bits per heavy atom. The van der Waals surface area contributed by atoms with E-state index in [9.17, 15) is 0 Å². The Kier molecular flexibility index (Phi) is 10.4. The summed E-state index contributed by atoms with van der Waals surface area (Å²) in [6.45, 7) is 11.6. The number of unbranched alkanes of at least 4 members (excludes halogenated alkanes) is 1. The van der Waals surface area contributed by atoms with Gasteiger partial charge in [0.25, 0.3) is 0 Å². The highest BCUT2D eigenvalue weighted by Gasteiger charge is 2.10. The van der Waals surface area contributed by atoms with Crippen molar-refractivity contribution in [2.24, 2.45) is 11.8 Å². The first-order chi connectivity index (χ1) is 7.24. The lowest BCUT2D eigenvalue weighted by Gasteiger charge is -2.19. The average Bonchev–Trinajstić information content (AvgIpc) is 2.24. The van der Waals surface area contributed by atoms with Crippen LogP contribution in [-0.2, 0) is 0 Å². The number of hydrogen-bond donors (Lipinski definition) is 1. The third-order valence-corrected chi connectivity index (χ3v) is 3.20. The smallest absolute Gasteiger partial charge is 0.00231 e. The lowest BCUT2D eigenvalue weighted by molar-refractivity contribution is 0.342. The summed E-state index contributed by atoms with van der Waals surface area (Å²) in [5, 5.41) is 3.52. The third kappa shape index (κ3) is 8.92. The molecule has 0 rings (SSSR count). The average molecular weight is 213 g/mol. The summed E-state index contributed by atoms with van der Waals surface area (Å²) >= 11 is 0. The molecule has 0 aromatic carbocycles. The molecular formula is C14H31N. The summed E-state index contributed by atoms with van der Waals surface area (Å²) in [5.74, 6) is 1.81. The molecule has 2 unspecified atom stereocenters. The molecule has 0 bridgehead atoms. The van der Waals surface area contributed by atoms with Gasteiger partial charge in [0.1, 0.15) is 0 Å². The molecule has 0 aliphatic rings. The Morgan fingerprint density at radius 1 is 1.07 bits per heavy atom. The van der Waals surface area contributed by atoms with Gasteiger partial charge >= 0.3 is 0 Å². The lowest BCUT2D eigenvalue weighted by atomic mass is 9.89. The Morgan fingerprint density at radius 3 is 2.33 bits per heavy atom. The van der Waals surface area contributed by atoms with Crippen molar-refractivity contribution in [2.45, 2.75) is 66.2 Å². The highest BCUT2D eigenvalue weighted by molar-refractivity contribution is 4.64. The van der Waals surface area contributed by atoms with E-state index >= 15 is 0 Å². The molecule has 0 amide bonds. The van der Waals surface area contributed by atoms with Crippen molar-refractivity contribution < 1.29 is 0 Å². The Hall–Kier alpha value is -0.0400. The molecule has 0 aromatic heterocycles. The zero-order chi connectivity index (χ0) is 11.5.